The molecule has 0 aliphatic heterocycles. The van der Waals surface area contributed by atoms with Gasteiger partial charge >= 0.3 is 0 Å². The van der Waals surface area contributed by atoms with Crippen molar-refractivity contribution >= 4 is 27.1 Å². The minimum Gasteiger partial charge on any atom is -0.222 e. The Hall–Kier alpha value is -1.28. The van der Waals surface area contributed by atoms with Gasteiger partial charge in [0.25, 0.3) is 0 Å². The van der Waals surface area contributed by atoms with Crippen LogP contribution in [0.2, 0.25) is 0 Å². The van der Waals surface area contributed by atoms with Crippen LogP contribution in [0.3, 0.4) is 0 Å². The molecule has 0 saturated heterocycles. The highest BCUT2D eigenvalue weighted by Gasteiger charge is 2.25. The van der Waals surface area contributed by atoms with Crippen LogP contribution < -0.4 is 0 Å². The first-order valence-electron chi connectivity index (χ1n) is 4.91. The van der Waals surface area contributed by atoms with E-state index < -0.39 is 15.1 Å². The first-order chi connectivity index (χ1) is 8.05. The van der Waals surface area contributed by atoms with Gasteiger partial charge in [-0.1, -0.05) is 0 Å². The number of nitrogens with zero attached hydrogens (tertiary/aromatic N) is 5. The van der Waals surface area contributed by atoms with E-state index in [-0.39, 0.29) is 10.9 Å². The number of fused-ring (bicyclic) bond motifs is 1. The van der Waals surface area contributed by atoms with Gasteiger partial charge in [-0.05, 0) is 35.9 Å². The zero-order valence-electron chi connectivity index (χ0n) is 8.99. The molecule has 0 spiro atoms. The molecule has 0 aliphatic carbocycles. The molecule has 1 unspecified atom stereocenters. The summed E-state index contributed by atoms with van der Waals surface area (Å²) in [6, 6.07) is 2.90. The summed E-state index contributed by atoms with van der Waals surface area (Å²) in [6.45, 7) is 1.60. The molecule has 7 nitrogen and oxygen atoms in total. The Morgan fingerprint density at radius 2 is 2.24 bits per heavy atom. The third-order valence-corrected chi connectivity index (χ3v) is 4.70. The van der Waals surface area contributed by atoms with Gasteiger partial charge in [0.1, 0.15) is 0 Å². The minimum atomic E-state index is -3.48. The molecule has 0 radical (unpaired) electrons. The lowest BCUT2D eigenvalue weighted by Crippen LogP contribution is -2.20. The summed E-state index contributed by atoms with van der Waals surface area (Å²) in [7, 11) is -3.48. The summed E-state index contributed by atoms with van der Waals surface area (Å²) in [6.07, 6.45) is 0.374. The van der Waals surface area contributed by atoms with Crippen LogP contribution in [0.1, 0.15) is 13.3 Å². The Balaban J connectivity index is 2.44. The van der Waals surface area contributed by atoms with E-state index in [9.17, 15) is 8.42 Å². The number of hydrogen-bond donors (Lipinski definition) is 0. The summed E-state index contributed by atoms with van der Waals surface area (Å²) < 4.78 is 25.3. The SMILES string of the molecule is CC(CCCl)S(=O)(=O)c1ccc2nnnn2n1. The summed E-state index contributed by atoms with van der Waals surface area (Å²) >= 11 is 5.55. The van der Waals surface area contributed by atoms with Crippen molar-refractivity contribution in [3.05, 3.63) is 12.1 Å². The van der Waals surface area contributed by atoms with Gasteiger partial charge in [0.15, 0.2) is 20.5 Å². The van der Waals surface area contributed by atoms with Gasteiger partial charge in [0.2, 0.25) is 0 Å². The van der Waals surface area contributed by atoms with Gasteiger partial charge in [-0.15, -0.1) is 26.4 Å². The average molecular weight is 276 g/mol. The highest BCUT2D eigenvalue weighted by Crippen LogP contribution is 2.16. The number of sulfone groups is 1. The molecular formula is C8H10ClN5O2S. The van der Waals surface area contributed by atoms with Crippen molar-refractivity contribution in [3.8, 4) is 0 Å². The number of aromatic nitrogens is 5. The number of halogens is 1. The molecule has 0 fully saturated rings. The van der Waals surface area contributed by atoms with Gasteiger partial charge in [-0.25, -0.2) is 8.42 Å². The molecule has 9 heteroatoms. The van der Waals surface area contributed by atoms with Crippen molar-refractivity contribution < 1.29 is 8.42 Å². The quantitative estimate of drug-likeness (QED) is 0.746. The van der Waals surface area contributed by atoms with Crippen LogP contribution in [0, 0.1) is 0 Å². The van der Waals surface area contributed by atoms with Gasteiger partial charge in [0.05, 0.1) is 5.25 Å². The van der Waals surface area contributed by atoms with E-state index in [4.69, 9.17) is 11.6 Å². The molecular weight excluding hydrogens is 266 g/mol. The van der Waals surface area contributed by atoms with Crippen LogP contribution in [0.25, 0.3) is 5.65 Å². The fourth-order valence-electron chi connectivity index (χ4n) is 1.30. The number of rotatable bonds is 4. The molecule has 0 bridgehead atoms. The molecule has 2 aromatic rings. The molecule has 0 saturated carbocycles. The zero-order valence-corrected chi connectivity index (χ0v) is 10.6. The Labute approximate surface area is 103 Å². The maximum Gasteiger partial charge on any atom is 0.200 e. The zero-order chi connectivity index (χ0) is 12.5. The van der Waals surface area contributed by atoms with E-state index in [1.54, 1.807) is 6.92 Å². The van der Waals surface area contributed by atoms with E-state index in [1.807, 2.05) is 0 Å². The topological polar surface area (TPSA) is 90.1 Å². The van der Waals surface area contributed by atoms with Crippen molar-refractivity contribution in [3.63, 3.8) is 0 Å². The van der Waals surface area contributed by atoms with Crippen LogP contribution in [0.15, 0.2) is 17.2 Å². The predicted molar refractivity (Wildman–Crippen MR) is 60.6 cm³/mol. The van der Waals surface area contributed by atoms with E-state index in [1.165, 1.54) is 12.1 Å². The Morgan fingerprint density at radius 3 is 2.94 bits per heavy atom. The lowest BCUT2D eigenvalue weighted by Gasteiger charge is -2.09. The molecule has 1 atom stereocenters. The normalized spacial score (nSPS) is 14.0. The highest BCUT2D eigenvalue weighted by molar-refractivity contribution is 7.92. The van der Waals surface area contributed by atoms with Crippen LogP contribution >= 0.6 is 11.6 Å². The molecule has 2 heterocycles. The van der Waals surface area contributed by atoms with E-state index in [0.717, 1.165) is 4.63 Å². The van der Waals surface area contributed by atoms with Crippen molar-refractivity contribution in [2.24, 2.45) is 0 Å². The Bertz CT molecular complexity index is 626. The minimum absolute atomic E-state index is 0.0464. The van der Waals surface area contributed by atoms with Gasteiger partial charge in [-0.3, -0.25) is 0 Å². The summed E-state index contributed by atoms with van der Waals surface area (Å²) in [5, 5.41) is 13.8. The molecule has 92 valence electrons. The first kappa shape index (κ1) is 12.2. The van der Waals surface area contributed by atoms with Crippen molar-refractivity contribution in [2.45, 2.75) is 23.6 Å². The summed E-state index contributed by atoms with van der Waals surface area (Å²) in [4.78, 5) is 0. The van der Waals surface area contributed by atoms with E-state index >= 15 is 0 Å². The van der Waals surface area contributed by atoms with Crippen LogP contribution in [-0.2, 0) is 9.84 Å². The summed E-state index contributed by atoms with van der Waals surface area (Å²) in [5.74, 6) is 0.285. The lowest BCUT2D eigenvalue weighted by molar-refractivity contribution is 0.570. The summed E-state index contributed by atoms with van der Waals surface area (Å²) in [5.41, 5.74) is 0.397. The smallest absolute Gasteiger partial charge is 0.200 e. The molecule has 0 N–H and O–H groups in total. The number of hydrogen-bond acceptors (Lipinski definition) is 6. The molecule has 2 rings (SSSR count). The second kappa shape index (κ2) is 4.53. The molecule has 2 aromatic heterocycles. The van der Waals surface area contributed by atoms with Gasteiger partial charge < -0.3 is 0 Å². The Kier molecular flexibility index (Phi) is 3.25. The van der Waals surface area contributed by atoms with Crippen LogP contribution in [0.5, 0.6) is 0 Å². The predicted octanol–water partition coefficient (Wildman–Crippen LogP) is 0.310. The van der Waals surface area contributed by atoms with Crippen molar-refractivity contribution in [1.82, 2.24) is 25.3 Å². The fraction of sp³-hybridized carbons (Fsp3) is 0.500. The molecule has 0 amide bonds. The standard InChI is InChI=1S/C8H10ClN5O2S/c1-6(4-5-9)17(15,16)8-3-2-7-10-12-13-14(7)11-8/h2-3,6H,4-5H2,1H3. The highest BCUT2D eigenvalue weighted by atomic mass is 35.5. The van der Waals surface area contributed by atoms with E-state index in [2.05, 4.69) is 20.6 Å². The number of tetrazole rings is 1. The Morgan fingerprint density at radius 1 is 1.47 bits per heavy atom. The second-order valence-corrected chi connectivity index (χ2v) is 6.22. The maximum atomic E-state index is 12.1. The monoisotopic (exact) mass is 275 g/mol. The molecule has 0 aromatic carbocycles. The van der Waals surface area contributed by atoms with E-state index in [0.29, 0.717) is 12.1 Å². The second-order valence-electron chi connectivity index (χ2n) is 3.53. The largest absolute Gasteiger partial charge is 0.222 e. The third kappa shape index (κ3) is 2.22. The lowest BCUT2D eigenvalue weighted by atomic mass is 10.4. The first-order valence-corrected chi connectivity index (χ1v) is 6.99. The van der Waals surface area contributed by atoms with Gasteiger partial charge in [-0.2, -0.15) is 0 Å². The maximum absolute atomic E-state index is 12.1. The molecule has 17 heavy (non-hydrogen) atoms. The molecule has 0 aliphatic rings. The van der Waals surface area contributed by atoms with Gasteiger partial charge in [0, 0.05) is 5.88 Å². The third-order valence-electron chi connectivity index (χ3n) is 2.38. The average Bonchev–Trinajstić information content (AvgIpc) is 2.76. The van der Waals surface area contributed by atoms with Crippen LogP contribution in [0.4, 0.5) is 0 Å². The van der Waals surface area contributed by atoms with Crippen LogP contribution in [-0.4, -0.2) is 44.8 Å². The van der Waals surface area contributed by atoms with Crippen molar-refractivity contribution in [1.29, 1.82) is 0 Å². The fourth-order valence-corrected chi connectivity index (χ4v) is 3.05. The van der Waals surface area contributed by atoms with Crippen molar-refractivity contribution in [2.75, 3.05) is 5.88 Å². The number of alkyl halides is 1.